The van der Waals surface area contributed by atoms with Gasteiger partial charge in [0.1, 0.15) is 18.0 Å². The fourth-order valence-corrected chi connectivity index (χ4v) is 6.09. The fraction of sp³-hybridized carbons (Fsp3) is 0.545. The number of aromatic nitrogens is 1. The average Bonchev–Trinajstić information content (AvgIpc) is 3.13. The standard InChI is InChI=1S/C22H27N3O2/c1-26-15-5-6-18-17(14-15)16-7-10-25-21(19-4-2-3-13-27-19)24-11-8-22(25,9-12-24)20(16)23-18/h3,5-6,13-14,19,21,23H,2,4,7-12H2,1H3/t19-,21-/m1/s1. The summed E-state index contributed by atoms with van der Waals surface area (Å²) in [4.78, 5) is 9.28. The van der Waals surface area contributed by atoms with E-state index in [0.717, 1.165) is 31.6 Å². The van der Waals surface area contributed by atoms with Gasteiger partial charge in [-0.15, -0.1) is 0 Å². The van der Waals surface area contributed by atoms with Gasteiger partial charge in [-0.1, -0.05) is 0 Å². The van der Waals surface area contributed by atoms with Gasteiger partial charge in [-0.2, -0.15) is 0 Å². The summed E-state index contributed by atoms with van der Waals surface area (Å²) in [5.74, 6) is 0.947. The molecule has 2 bridgehead atoms. The molecule has 1 spiro atoms. The first-order valence-corrected chi connectivity index (χ1v) is 10.3. The molecule has 5 aliphatic rings. The molecule has 0 radical (unpaired) electrons. The Morgan fingerprint density at radius 2 is 2.11 bits per heavy atom. The van der Waals surface area contributed by atoms with E-state index in [1.54, 1.807) is 7.11 Å². The Balaban J connectivity index is 1.47. The average molecular weight is 365 g/mol. The van der Waals surface area contributed by atoms with Crippen molar-refractivity contribution in [2.45, 2.75) is 49.9 Å². The van der Waals surface area contributed by atoms with Crippen molar-refractivity contribution < 1.29 is 9.47 Å². The van der Waals surface area contributed by atoms with E-state index in [0.29, 0.717) is 12.3 Å². The zero-order chi connectivity index (χ0) is 18.0. The van der Waals surface area contributed by atoms with Crippen molar-refractivity contribution in [2.75, 3.05) is 26.7 Å². The molecule has 1 aromatic carbocycles. The van der Waals surface area contributed by atoms with E-state index in [4.69, 9.17) is 9.47 Å². The minimum absolute atomic E-state index is 0.143. The fourth-order valence-electron chi connectivity index (χ4n) is 6.09. The van der Waals surface area contributed by atoms with Gasteiger partial charge in [-0.25, -0.2) is 0 Å². The van der Waals surface area contributed by atoms with E-state index < -0.39 is 0 Å². The molecule has 2 aromatic rings. The normalized spacial score (nSPS) is 34.9. The molecule has 142 valence electrons. The first-order chi connectivity index (χ1) is 13.3. The van der Waals surface area contributed by atoms with Crippen LogP contribution >= 0.6 is 0 Å². The molecule has 3 fully saturated rings. The molecule has 7 rings (SSSR count). The number of fused-ring (bicyclic) bond motifs is 5. The maximum absolute atomic E-state index is 6.10. The number of nitrogens with one attached hydrogen (secondary N) is 1. The maximum Gasteiger partial charge on any atom is 0.127 e. The van der Waals surface area contributed by atoms with Gasteiger partial charge in [0.2, 0.25) is 0 Å². The summed E-state index contributed by atoms with van der Waals surface area (Å²) < 4.78 is 11.6. The largest absolute Gasteiger partial charge is 0.497 e. The van der Waals surface area contributed by atoms with E-state index in [1.165, 1.54) is 48.1 Å². The molecule has 0 saturated carbocycles. The summed E-state index contributed by atoms with van der Waals surface area (Å²) in [7, 11) is 1.75. The zero-order valence-corrected chi connectivity index (χ0v) is 15.9. The topological polar surface area (TPSA) is 40.7 Å². The monoisotopic (exact) mass is 365 g/mol. The van der Waals surface area contributed by atoms with Crippen molar-refractivity contribution >= 4 is 10.9 Å². The summed E-state index contributed by atoms with van der Waals surface area (Å²) in [5.41, 5.74) is 4.37. The van der Waals surface area contributed by atoms with Crippen molar-refractivity contribution in [2.24, 2.45) is 0 Å². The Morgan fingerprint density at radius 1 is 1.22 bits per heavy atom. The summed E-state index contributed by atoms with van der Waals surface area (Å²) in [6, 6.07) is 6.45. The van der Waals surface area contributed by atoms with Crippen LogP contribution in [0, 0.1) is 0 Å². The molecular formula is C22H27N3O2. The Morgan fingerprint density at radius 3 is 2.89 bits per heavy atom. The lowest BCUT2D eigenvalue weighted by molar-refractivity contribution is -0.185. The summed E-state index contributed by atoms with van der Waals surface area (Å²) >= 11 is 0. The molecule has 1 N–H and O–H groups in total. The summed E-state index contributed by atoms with van der Waals surface area (Å²) in [6.07, 6.45) is 10.6. The molecule has 5 aliphatic heterocycles. The third kappa shape index (κ3) is 2.13. The number of methoxy groups -OCH3 is 1. The van der Waals surface area contributed by atoms with E-state index in [9.17, 15) is 0 Å². The lowest BCUT2D eigenvalue weighted by Gasteiger charge is -2.63. The van der Waals surface area contributed by atoms with Gasteiger partial charge in [0, 0.05) is 36.2 Å². The van der Waals surface area contributed by atoms with Crippen LogP contribution in [0.4, 0.5) is 0 Å². The van der Waals surface area contributed by atoms with E-state index in [1.807, 2.05) is 6.26 Å². The first kappa shape index (κ1) is 16.0. The molecule has 3 saturated heterocycles. The smallest absolute Gasteiger partial charge is 0.127 e. The van der Waals surface area contributed by atoms with Crippen LogP contribution in [0.15, 0.2) is 30.5 Å². The Kier molecular flexibility index (Phi) is 3.42. The number of benzene rings is 1. The first-order valence-electron chi connectivity index (χ1n) is 10.3. The second-order valence-corrected chi connectivity index (χ2v) is 8.44. The molecule has 6 heterocycles. The van der Waals surface area contributed by atoms with Crippen molar-refractivity contribution in [3.8, 4) is 5.75 Å². The third-order valence-corrected chi connectivity index (χ3v) is 7.35. The highest BCUT2D eigenvalue weighted by Gasteiger charge is 2.56. The van der Waals surface area contributed by atoms with Gasteiger partial charge in [0.05, 0.1) is 18.9 Å². The highest BCUT2D eigenvalue weighted by molar-refractivity contribution is 5.87. The Labute approximate surface area is 159 Å². The summed E-state index contributed by atoms with van der Waals surface area (Å²) in [6.45, 7) is 3.45. The van der Waals surface area contributed by atoms with Gasteiger partial charge in [-0.05, 0) is 61.9 Å². The zero-order valence-electron chi connectivity index (χ0n) is 15.9. The van der Waals surface area contributed by atoms with Crippen LogP contribution in [0.3, 0.4) is 0 Å². The van der Waals surface area contributed by atoms with Crippen LogP contribution < -0.4 is 4.74 Å². The number of hydrogen-bond donors (Lipinski definition) is 1. The molecule has 5 nitrogen and oxygen atoms in total. The Bertz CT molecular complexity index is 910. The predicted molar refractivity (Wildman–Crippen MR) is 105 cm³/mol. The van der Waals surface area contributed by atoms with Crippen LogP contribution in [0.1, 0.15) is 36.9 Å². The van der Waals surface area contributed by atoms with Gasteiger partial charge in [-0.3, -0.25) is 9.80 Å². The van der Waals surface area contributed by atoms with Gasteiger partial charge >= 0.3 is 0 Å². The van der Waals surface area contributed by atoms with Gasteiger partial charge in [0.25, 0.3) is 0 Å². The van der Waals surface area contributed by atoms with Gasteiger partial charge < -0.3 is 14.5 Å². The second-order valence-electron chi connectivity index (χ2n) is 8.44. The quantitative estimate of drug-likeness (QED) is 0.886. The second kappa shape index (κ2) is 5.76. The highest BCUT2D eigenvalue weighted by atomic mass is 16.5. The molecule has 27 heavy (non-hydrogen) atoms. The molecule has 1 aromatic heterocycles. The maximum atomic E-state index is 6.10. The lowest BCUT2D eigenvalue weighted by Crippen LogP contribution is -2.73. The van der Waals surface area contributed by atoms with Crippen molar-refractivity contribution in [3.63, 3.8) is 0 Å². The molecular weight excluding hydrogens is 338 g/mol. The molecule has 0 amide bonds. The van der Waals surface area contributed by atoms with Crippen LogP contribution in [0.5, 0.6) is 5.75 Å². The van der Waals surface area contributed by atoms with Gasteiger partial charge in [0.15, 0.2) is 0 Å². The number of nitrogens with zero attached hydrogens (tertiary/aromatic N) is 2. The predicted octanol–water partition coefficient (Wildman–Crippen LogP) is 3.36. The number of rotatable bonds is 2. The highest BCUT2D eigenvalue weighted by Crippen LogP contribution is 2.51. The number of aromatic amines is 1. The number of hydrogen-bond acceptors (Lipinski definition) is 4. The van der Waals surface area contributed by atoms with Crippen molar-refractivity contribution in [1.29, 1.82) is 0 Å². The molecule has 5 heteroatoms. The van der Waals surface area contributed by atoms with Crippen molar-refractivity contribution in [1.82, 2.24) is 14.8 Å². The van der Waals surface area contributed by atoms with Crippen LogP contribution in [-0.4, -0.2) is 53.8 Å². The number of piperidine rings is 1. The molecule has 0 aliphatic carbocycles. The van der Waals surface area contributed by atoms with Crippen LogP contribution in [-0.2, 0) is 16.7 Å². The number of H-pyrrole nitrogens is 1. The Hall–Kier alpha value is -1.98. The summed E-state index contributed by atoms with van der Waals surface area (Å²) in [5, 5.41) is 1.35. The van der Waals surface area contributed by atoms with Crippen LogP contribution in [0.2, 0.25) is 0 Å². The van der Waals surface area contributed by atoms with E-state index in [-0.39, 0.29) is 5.54 Å². The SMILES string of the molecule is COc1ccc2[nH]c3c(c2c1)CCN1[C@H]([C@H]2CCC=CO2)N2CCC31CC2. The van der Waals surface area contributed by atoms with Crippen LogP contribution in [0.25, 0.3) is 10.9 Å². The number of allylic oxidation sites excluding steroid dienone is 1. The lowest BCUT2D eigenvalue weighted by atomic mass is 9.73. The minimum Gasteiger partial charge on any atom is -0.497 e. The third-order valence-electron chi connectivity index (χ3n) is 7.35. The molecule has 2 atom stereocenters. The molecule has 0 unspecified atom stereocenters. The number of ether oxygens (including phenoxy) is 2. The minimum atomic E-state index is 0.143. The van der Waals surface area contributed by atoms with Crippen molar-refractivity contribution in [3.05, 3.63) is 41.8 Å². The van der Waals surface area contributed by atoms with E-state index in [2.05, 4.69) is 39.1 Å². The van der Waals surface area contributed by atoms with E-state index >= 15 is 0 Å².